The number of amidine groups is 1. The van der Waals surface area contributed by atoms with Gasteiger partial charge in [0.2, 0.25) is 5.88 Å². The van der Waals surface area contributed by atoms with Gasteiger partial charge in [0, 0.05) is 18.5 Å². The molecule has 0 saturated carbocycles. The maximum atomic E-state index is 10.9. The Bertz CT molecular complexity index is 722. The van der Waals surface area contributed by atoms with Crippen molar-refractivity contribution < 1.29 is 14.9 Å². The third kappa shape index (κ3) is 3.05. The molecule has 21 heavy (non-hydrogen) atoms. The summed E-state index contributed by atoms with van der Waals surface area (Å²) >= 11 is 3.09. The molecular formula is C11H8BrN5O4. The van der Waals surface area contributed by atoms with E-state index in [-0.39, 0.29) is 33.3 Å². The second-order valence-corrected chi connectivity index (χ2v) is 4.44. The monoisotopic (exact) mass is 353 g/mol. The lowest BCUT2D eigenvalue weighted by molar-refractivity contribution is -0.385. The summed E-state index contributed by atoms with van der Waals surface area (Å²) in [5, 5.41) is 22.4. The molecule has 2 aromatic rings. The van der Waals surface area contributed by atoms with Crippen molar-refractivity contribution in [3.8, 4) is 11.6 Å². The number of oxime groups is 1. The van der Waals surface area contributed by atoms with Gasteiger partial charge in [0.1, 0.15) is 4.47 Å². The van der Waals surface area contributed by atoms with Gasteiger partial charge in [-0.2, -0.15) is 0 Å². The number of halogens is 1. The Hall–Kier alpha value is -2.75. The standard InChI is InChI=1S/C11H8BrN5O4/c12-8-6(17(19)20)2-1-3-7(8)21-11-9(10(13)16-18)14-4-5-15-11/h1-5,18H,(H2,13,16). The molecule has 1 aromatic carbocycles. The molecule has 9 nitrogen and oxygen atoms in total. The molecule has 0 bridgehead atoms. The Kier molecular flexibility index (Phi) is 4.28. The van der Waals surface area contributed by atoms with E-state index in [9.17, 15) is 10.1 Å². The molecule has 0 aliphatic rings. The van der Waals surface area contributed by atoms with Gasteiger partial charge in [0.05, 0.1) is 4.92 Å². The number of nitrogens with zero attached hydrogens (tertiary/aromatic N) is 4. The summed E-state index contributed by atoms with van der Waals surface area (Å²) in [4.78, 5) is 18.1. The van der Waals surface area contributed by atoms with Crippen molar-refractivity contribution in [3.05, 3.63) is 50.9 Å². The van der Waals surface area contributed by atoms with Crippen LogP contribution >= 0.6 is 15.9 Å². The molecule has 0 aliphatic heterocycles. The lowest BCUT2D eigenvalue weighted by Crippen LogP contribution is -2.16. The maximum absolute atomic E-state index is 10.9. The molecule has 3 N–H and O–H groups in total. The minimum atomic E-state index is -0.557. The van der Waals surface area contributed by atoms with Crippen molar-refractivity contribution in [1.82, 2.24) is 9.97 Å². The summed E-state index contributed by atoms with van der Waals surface area (Å²) in [7, 11) is 0. The fourth-order valence-electron chi connectivity index (χ4n) is 1.45. The van der Waals surface area contributed by atoms with E-state index in [0.29, 0.717) is 0 Å². The number of hydrogen-bond donors (Lipinski definition) is 2. The van der Waals surface area contributed by atoms with Crippen molar-refractivity contribution >= 4 is 27.5 Å². The number of nitro groups is 1. The summed E-state index contributed by atoms with van der Waals surface area (Å²) in [6.45, 7) is 0. The Labute approximate surface area is 126 Å². The lowest BCUT2D eigenvalue weighted by atomic mass is 10.3. The number of nitrogens with two attached hydrogens (primary N) is 1. The third-order valence-electron chi connectivity index (χ3n) is 2.36. The highest BCUT2D eigenvalue weighted by Crippen LogP contribution is 2.36. The van der Waals surface area contributed by atoms with Crippen molar-refractivity contribution in [2.75, 3.05) is 0 Å². The highest BCUT2D eigenvalue weighted by atomic mass is 79.9. The van der Waals surface area contributed by atoms with Gasteiger partial charge in [-0.25, -0.2) is 9.97 Å². The SMILES string of the molecule is N/C(=N/O)c1nccnc1Oc1cccc([N+](=O)[O-])c1Br. The zero-order valence-corrected chi connectivity index (χ0v) is 11.9. The van der Waals surface area contributed by atoms with Gasteiger partial charge in [-0.15, -0.1) is 0 Å². The van der Waals surface area contributed by atoms with Crippen LogP contribution in [0.25, 0.3) is 0 Å². The number of aromatic nitrogens is 2. The lowest BCUT2D eigenvalue weighted by Gasteiger charge is -2.09. The van der Waals surface area contributed by atoms with E-state index in [4.69, 9.17) is 15.7 Å². The fourth-order valence-corrected chi connectivity index (χ4v) is 1.94. The number of ether oxygens (including phenoxy) is 1. The van der Waals surface area contributed by atoms with Crippen LogP contribution in [0.4, 0.5) is 5.69 Å². The van der Waals surface area contributed by atoms with Crippen molar-refractivity contribution in [3.63, 3.8) is 0 Å². The molecule has 0 atom stereocenters. The van der Waals surface area contributed by atoms with Gasteiger partial charge < -0.3 is 15.7 Å². The maximum Gasteiger partial charge on any atom is 0.287 e. The summed E-state index contributed by atoms with van der Waals surface area (Å²) in [6.07, 6.45) is 2.68. The van der Waals surface area contributed by atoms with Crippen LogP contribution in [0.3, 0.4) is 0 Å². The topological polar surface area (TPSA) is 137 Å². The van der Waals surface area contributed by atoms with Crippen molar-refractivity contribution in [2.24, 2.45) is 10.9 Å². The molecule has 0 fully saturated rings. The van der Waals surface area contributed by atoms with E-state index < -0.39 is 4.92 Å². The predicted molar refractivity (Wildman–Crippen MR) is 75.4 cm³/mol. The number of nitro benzene ring substituents is 1. The van der Waals surface area contributed by atoms with Gasteiger partial charge in [-0.3, -0.25) is 10.1 Å². The van der Waals surface area contributed by atoms with E-state index >= 15 is 0 Å². The molecule has 0 unspecified atom stereocenters. The zero-order chi connectivity index (χ0) is 15.4. The Balaban J connectivity index is 2.44. The van der Waals surface area contributed by atoms with Crippen LogP contribution in [-0.2, 0) is 0 Å². The molecule has 0 saturated heterocycles. The first-order valence-corrected chi connectivity index (χ1v) is 6.23. The molecule has 1 aromatic heterocycles. The summed E-state index contributed by atoms with van der Waals surface area (Å²) < 4.78 is 5.60. The van der Waals surface area contributed by atoms with Crippen LogP contribution in [0.15, 0.2) is 40.2 Å². The molecule has 0 radical (unpaired) electrons. The number of hydrogen-bond acceptors (Lipinski definition) is 7. The van der Waals surface area contributed by atoms with Crippen LogP contribution < -0.4 is 10.5 Å². The number of rotatable bonds is 4. The largest absolute Gasteiger partial charge is 0.435 e. The minimum Gasteiger partial charge on any atom is -0.435 e. The van der Waals surface area contributed by atoms with Crippen LogP contribution in [0, 0.1) is 10.1 Å². The van der Waals surface area contributed by atoms with Gasteiger partial charge in [0.15, 0.2) is 17.3 Å². The van der Waals surface area contributed by atoms with Crippen molar-refractivity contribution in [2.45, 2.75) is 0 Å². The van der Waals surface area contributed by atoms with Crippen LogP contribution in [0.1, 0.15) is 5.69 Å². The van der Waals surface area contributed by atoms with Gasteiger partial charge in [-0.1, -0.05) is 11.2 Å². The van der Waals surface area contributed by atoms with E-state index in [0.717, 1.165) is 0 Å². The molecule has 0 spiro atoms. The first kappa shape index (κ1) is 14.7. The quantitative estimate of drug-likeness (QED) is 0.282. The molecular weight excluding hydrogens is 346 g/mol. The zero-order valence-electron chi connectivity index (χ0n) is 10.3. The Morgan fingerprint density at radius 3 is 2.81 bits per heavy atom. The minimum absolute atomic E-state index is 0.0124. The smallest absolute Gasteiger partial charge is 0.287 e. The van der Waals surface area contributed by atoms with E-state index in [1.165, 1.54) is 30.6 Å². The molecule has 1 heterocycles. The average molecular weight is 354 g/mol. The van der Waals surface area contributed by atoms with Crippen molar-refractivity contribution in [1.29, 1.82) is 0 Å². The van der Waals surface area contributed by atoms with Gasteiger partial charge in [0.25, 0.3) is 5.69 Å². The number of benzene rings is 1. The first-order valence-electron chi connectivity index (χ1n) is 5.44. The molecule has 0 aliphatic carbocycles. The molecule has 0 amide bonds. The van der Waals surface area contributed by atoms with E-state index in [2.05, 4.69) is 31.1 Å². The second kappa shape index (κ2) is 6.13. The van der Waals surface area contributed by atoms with Crippen LogP contribution in [0.2, 0.25) is 0 Å². The molecule has 2 rings (SSSR count). The van der Waals surface area contributed by atoms with Crippen LogP contribution in [0.5, 0.6) is 11.6 Å². The average Bonchev–Trinajstić information content (AvgIpc) is 2.49. The van der Waals surface area contributed by atoms with Gasteiger partial charge in [-0.05, 0) is 22.0 Å². The fraction of sp³-hybridized carbons (Fsp3) is 0. The molecule has 108 valence electrons. The Morgan fingerprint density at radius 1 is 1.43 bits per heavy atom. The normalized spacial score (nSPS) is 11.2. The van der Waals surface area contributed by atoms with E-state index in [1.807, 2.05) is 0 Å². The summed E-state index contributed by atoms with van der Waals surface area (Å²) in [5.74, 6) is -0.189. The predicted octanol–water partition coefficient (Wildman–Crippen LogP) is 2.03. The summed E-state index contributed by atoms with van der Waals surface area (Å²) in [6, 6.07) is 4.28. The van der Waals surface area contributed by atoms with E-state index in [1.54, 1.807) is 0 Å². The molecule has 10 heteroatoms. The van der Waals surface area contributed by atoms with Crippen LogP contribution in [-0.4, -0.2) is 25.9 Å². The highest BCUT2D eigenvalue weighted by molar-refractivity contribution is 9.10. The summed E-state index contributed by atoms with van der Waals surface area (Å²) in [5.41, 5.74) is 5.31. The highest BCUT2D eigenvalue weighted by Gasteiger charge is 2.19. The Morgan fingerprint density at radius 2 is 2.14 bits per heavy atom. The first-order chi connectivity index (χ1) is 10.0. The third-order valence-corrected chi connectivity index (χ3v) is 3.16. The second-order valence-electron chi connectivity index (χ2n) is 3.64. The van der Waals surface area contributed by atoms with Gasteiger partial charge >= 0.3 is 0 Å².